The molecular formula is C22H32FN5O5S. The number of amides is 1. The first-order valence-corrected chi connectivity index (χ1v) is 12.7. The van der Waals surface area contributed by atoms with Crippen LogP contribution in [0, 0.1) is 11.7 Å². The summed E-state index contributed by atoms with van der Waals surface area (Å²) < 4.78 is 49.1. The van der Waals surface area contributed by atoms with Crippen molar-refractivity contribution in [1.82, 2.24) is 24.2 Å². The zero-order valence-corrected chi connectivity index (χ0v) is 20.5. The first kappa shape index (κ1) is 26.2. The number of fused-ring (bicyclic) bond motifs is 2. The number of rotatable bonds is 6. The van der Waals surface area contributed by atoms with Crippen molar-refractivity contribution in [1.29, 1.82) is 0 Å². The van der Waals surface area contributed by atoms with Gasteiger partial charge in [-0.25, -0.2) is 12.8 Å². The average Bonchev–Trinajstić information content (AvgIpc) is 3.26. The smallest absolute Gasteiger partial charge is 0.245 e. The van der Waals surface area contributed by atoms with Crippen molar-refractivity contribution in [2.24, 2.45) is 5.92 Å². The highest BCUT2D eigenvalue weighted by Gasteiger charge is 2.32. The van der Waals surface area contributed by atoms with E-state index in [0.29, 0.717) is 18.7 Å². The number of likely N-dealkylation sites (N-methyl/N-ethyl adjacent to an activating group) is 1. The Balaban J connectivity index is 1.87. The van der Waals surface area contributed by atoms with Crippen molar-refractivity contribution < 1.29 is 27.4 Å². The van der Waals surface area contributed by atoms with E-state index in [1.165, 1.54) is 25.2 Å². The molecule has 3 atom stereocenters. The van der Waals surface area contributed by atoms with Crippen LogP contribution in [0.5, 0.6) is 0 Å². The van der Waals surface area contributed by atoms with Crippen molar-refractivity contribution in [3.05, 3.63) is 42.0 Å². The van der Waals surface area contributed by atoms with Gasteiger partial charge in [-0.1, -0.05) is 24.3 Å². The summed E-state index contributed by atoms with van der Waals surface area (Å²) in [5.74, 6) is -1.24. The molecule has 1 N–H and O–H groups in total. The van der Waals surface area contributed by atoms with Gasteiger partial charge in [0.15, 0.2) is 0 Å². The van der Waals surface area contributed by atoms with Crippen LogP contribution in [0.25, 0.3) is 0 Å². The number of sulfonamides is 1. The SMILES string of the molecule is C[C@@H]1CN([C@@H](C)CO)C(=O)CCCn2cc(nn2)CO[C@@H]1CN(C)S(=O)(=O)c1ccccc1F. The molecule has 0 saturated heterocycles. The Morgan fingerprint density at radius 1 is 1.35 bits per heavy atom. The van der Waals surface area contributed by atoms with Crippen molar-refractivity contribution in [2.75, 3.05) is 26.7 Å². The van der Waals surface area contributed by atoms with Gasteiger partial charge >= 0.3 is 0 Å². The van der Waals surface area contributed by atoms with E-state index in [2.05, 4.69) is 10.3 Å². The third-order valence-corrected chi connectivity index (χ3v) is 7.86. The van der Waals surface area contributed by atoms with E-state index in [1.54, 1.807) is 22.7 Å². The van der Waals surface area contributed by atoms with E-state index in [0.717, 1.165) is 10.4 Å². The van der Waals surface area contributed by atoms with Gasteiger partial charge in [0, 0.05) is 39.0 Å². The molecule has 10 nitrogen and oxygen atoms in total. The molecule has 0 radical (unpaired) electrons. The highest BCUT2D eigenvalue weighted by Crippen LogP contribution is 2.22. The van der Waals surface area contributed by atoms with Crippen LogP contribution in [-0.2, 0) is 32.7 Å². The van der Waals surface area contributed by atoms with Gasteiger partial charge in [-0.3, -0.25) is 9.48 Å². The van der Waals surface area contributed by atoms with Crippen LogP contribution in [0.4, 0.5) is 4.39 Å². The number of aromatic nitrogens is 3. The maximum Gasteiger partial charge on any atom is 0.245 e. The molecule has 1 aliphatic heterocycles. The van der Waals surface area contributed by atoms with E-state index < -0.39 is 32.9 Å². The first-order valence-electron chi connectivity index (χ1n) is 11.2. The number of halogens is 1. The topological polar surface area (TPSA) is 118 Å². The lowest BCUT2D eigenvalue weighted by molar-refractivity contribution is -0.136. The largest absolute Gasteiger partial charge is 0.394 e. The van der Waals surface area contributed by atoms with Crippen LogP contribution < -0.4 is 0 Å². The maximum absolute atomic E-state index is 14.2. The minimum absolute atomic E-state index is 0.0679. The molecule has 0 saturated carbocycles. The fraction of sp³-hybridized carbons (Fsp3) is 0.591. The molecule has 0 aliphatic carbocycles. The zero-order chi connectivity index (χ0) is 24.9. The lowest BCUT2D eigenvalue weighted by Gasteiger charge is -2.35. The Hall–Kier alpha value is -2.41. The quantitative estimate of drug-likeness (QED) is 0.638. The van der Waals surface area contributed by atoms with Gasteiger partial charge in [-0.2, -0.15) is 4.31 Å². The molecule has 3 rings (SSSR count). The summed E-state index contributed by atoms with van der Waals surface area (Å²) in [5.41, 5.74) is 0.586. The maximum atomic E-state index is 14.2. The molecule has 0 fully saturated rings. The molecule has 1 aliphatic rings. The van der Waals surface area contributed by atoms with Crippen LogP contribution >= 0.6 is 0 Å². The number of aryl methyl sites for hydroxylation is 1. The third kappa shape index (κ3) is 6.17. The van der Waals surface area contributed by atoms with Crippen molar-refractivity contribution in [2.45, 2.75) is 56.9 Å². The fourth-order valence-corrected chi connectivity index (χ4v) is 5.11. The minimum atomic E-state index is -4.11. The number of nitrogens with zero attached hydrogens (tertiary/aromatic N) is 5. The lowest BCUT2D eigenvalue weighted by atomic mass is 10.0. The highest BCUT2D eigenvalue weighted by atomic mass is 32.2. The van der Waals surface area contributed by atoms with Crippen LogP contribution in [-0.4, -0.2) is 82.5 Å². The van der Waals surface area contributed by atoms with Crippen molar-refractivity contribution >= 4 is 15.9 Å². The van der Waals surface area contributed by atoms with E-state index in [4.69, 9.17) is 4.74 Å². The molecule has 2 bridgehead atoms. The number of benzene rings is 1. The molecule has 2 heterocycles. The number of ether oxygens (including phenoxy) is 1. The lowest BCUT2D eigenvalue weighted by Crippen LogP contribution is -2.47. The summed E-state index contributed by atoms with van der Waals surface area (Å²) in [5, 5.41) is 17.8. The van der Waals surface area contributed by atoms with Crippen molar-refractivity contribution in [3.8, 4) is 0 Å². The molecule has 0 spiro atoms. The molecule has 0 unspecified atom stereocenters. The fourth-order valence-electron chi connectivity index (χ4n) is 3.87. The Morgan fingerprint density at radius 2 is 2.09 bits per heavy atom. The van der Waals surface area contributed by atoms with E-state index in [1.807, 2.05) is 6.92 Å². The molecule has 34 heavy (non-hydrogen) atoms. The van der Waals surface area contributed by atoms with Gasteiger partial charge in [0.25, 0.3) is 0 Å². The van der Waals surface area contributed by atoms with Gasteiger partial charge in [0.05, 0.1) is 31.6 Å². The first-order chi connectivity index (χ1) is 16.1. The van der Waals surface area contributed by atoms with Crippen LogP contribution in [0.2, 0.25) is 0 Å². The van der Waals surface area contributed by atoms with E-state index >= 15 is 0 Å². The second-order valence-electron chi connectivity index (χ2n) is 8.70. The average molecular weight is 498 g/mol. The molecule has 12 heteroatoms. The van der Waals surface area contributed by atoms with Crippen LogP contribution in [0.1, 0.15) is 32.4 Å². The number of carbonyl (C=O) groups is 1. The second-order valence-corrected chi connectivity index (χ2v) is 10.7. The van der Waals surface area contributed by atoms with Crippen molar-refractivity contribution in [3.63, 3.8) is 0 Å². The Morgan fingerprint density at radius 3 is 2.79 bits per heavy atom. The molecular weight excluding hydrogens is 465 g/mol. The molecule has 188 valence electrons. The van der Waals surface area contributed by atoms with Gasteiger partial charge in [-0.05, 0) is 25.5 Å². The number of carbonyl (C=O) groups excluding carboxylic acids is 1. The molecule has 1 amide bonds. The molecule has 2 aromatic rings. The Bertz CT molecular complexity index is 1080. The molecule has 1 aromatic heterocycles. The normalized spacial score (nSPS) is 21.6. The van der Waals surface area contributed by atoms with Gasteiger partial charge in [0.1, 0.15) is 16.4 Å². The standard InChI is InChI=1S/C22H32FN5O5S/c1-16-11-28(17(2)14-29)22(30)9-6-10-27-12-18(24-25-27)15-33-20(16)13-26(3)34(31,32)21-8-5-4-7-19(21)23/h4-5,7-8,12,16-17,20,29H,6,9-11,13-15H2,1-3H3/t16-,17+,20-/m1/s1. The minimum Gasteiger partial charge on any atom is -0.394 e. The van der Waals surface area contributed by atoms with E-state index in [9.17, 15) is 22.7 Å². The third-order valence-electron chi connectivity index (χ3n) is 6.01. The number of aliphatic hydroxyl groups is 1. The monoisotopic (exact) mass is 497 g/mol. The predicted molar refractivity (Wildman–Crippen MR) is 121 cm³/mol. The Kier molecular flexibility index (Phi) is 8.74. The zero-order valence-electron chi connectivity index (χ0n) is 19.7. The summed E-state index contributed by atoms with van der Waals surface area (Å²) in [4.78, 5) is 14.1. The Labute approximate surface area is 199 Å². The summed E-state index contributed by atoms with van der Waals surface area (Å²) in [6, 6.07) is 4.80. The number of hydrogen-bond donors (Lipinski definition) is 1. The highest BCUT2D eigenvalue weighted by molar-refractivity contribution is 7.89. The van der Waals surface area contributed by atoms with Crippen LogP contribution in [0.3, 0.4) is 0 Å². The second kappa shape index (κ2) is 11.3. The summed E-state index contributed by atoms with van der Waals surface area (Å²) in [7, 11) is -2.74. The van der Waals surface area contributed by atoms with E-state index in [-0.39, 0.29) is 44.5 Å². The van der Waals surface area contributed by atoms with Gasteiger partial charge in [-0.15, -0.1) is 5.10 Å². The summed E-state index contributed by atoms with van der Waals surface area (Å²) in [6.45, 7) is 4.24. The van der Waals surface area contributed by atoms with Crippen LogP contribution in [0.15, 0.2) is 35.4 Å². The number of hydrogen-bond acceptors (Lipinski definition) is 7. The summed E-state index contributed by atoms with van der Waals surface area (Å²) in [6.07, 6.45) is 1.94. The molecule has 1 aromatic carbocycles. The summed E-state index contributed by atoms with van der Waals surface area (Å²) >= 11 is 0. The van der Waals surface area contributed by atoms with Gasteiger partial charge in [0.2, 0.25) is 15.9 Å². The van der Waals surface area contributed by atoms with Gasteiger partial charge < -0.3 is 14.7 Å². The number of aliphatic hydroxyl groups excluding tert-OH is 1. The predicted octanol–water partition coefficient (Wildman–Crippen LogP) is 1.26.